The minimum atomic E-state index is -3.74. The van der Waals surface area contributed by atoms with Gasteiger partial charge >= 0.3 is 5.97 Å². The number of ether oxygens (including phenoxy) is 1. The lowest BCUT2D eigenvalue weighted by molar-refractivity contribution is -0.137. The van der Waals surface area contributed by atoms with Crippen LogP contribution in [0.1, 0.15) is 50.4 Å². The summed E-state index contributed by atoms with van der Waals surface area (Å²) < 4.78 is 31.7. The molecule has 1 aromatic carbocycles. The molecule has 1 aliphatic rings. The van der Waals surface area contributed by atoms with Gasteiger partial charge in [0.2, 0.25) is 10.0 Å². The predicted octanol–water partition coefficient (Wildman–Crippen LogP) is 2.93. The molecule has 0 bridgehead atoms. The maximum atomic E-state index is 12.7. The summed E-state index contributed by atoms with van der Waals surface area (Å²) in [5.74, 6) is -1.08. The number of nitrogens with zero attached hydrogens (tertiary/aromatic N) is 2. The Labute approximate surface area is 171 Å². The fraction of sp³-hybridized carbons (Fsp3) is 0.579. The molecule has 2 rings (SSSR count). The van der Waals surface area contributed by atoms with Gasteiger partial charge in [-0.3, -0.25) is 4.79 Å². The average Bonchev–Trinajstić information content (AvgIpc) is 2.67. The van der Waals surface area contributed by atoms with Gasteiger partial charge in [-0.15, -0.1) is 0 Å². The topological polar surface area (TPSA) is 84.0 Å². The SMILES string of the molecule is CCN(CC)S(=O)(=O)c1ccc(Cl)c(C(=O)OCC(=O)N2CCCC[C@H]2C)c1. The van der Waals surface area contributed by atoms with Crippen LogP contribution in [0.15, 0.2) is 23.1 Å². The second-order valence-corrected chi connectivity index (χ2v) is 9.08. The van der Waals surface area contributed by atoms with E-state index in [9.17, 15) is 18.0 Å². The number of carbonyl (C=O) groups excluding carboxylic acids is 2. The van der Waals surface area contributed by atoms with Gasteiger partial charge in [-0.05, 0) is 44.4 Å². The quantitative estimate of drug-likeness (QED) is 0.621. The number of rotatable bonds is 7. The molecule has 1 fully saturated rings. The first kappa shape index (κ1) is 22.6. The molecular formula is C19H27ClN2O5S. The molecule has 0 aliphatic carbocycles. The summed E-state index contributed by atoms with van der Waals surface area (Å²) in [6.07, 6.45) is 2.94. The molecule has 7 nitrogen and oxygen atoms in total. The minimum absolute atomic E-state index is 0.0384. The van der Waals surface area contributed by atoms with Gasteiger partial charge < -0.3 is 9.64 Å². The molecule has 0 radical (unpaired) electrons. The van der Waals surface area contributed by atoms with Crippen molar-refractivity contribution in [3.63, 3.8) is 0 Å². The molecular weight excluding hydrogens is 404 g/mol. The van der Waals surface area contributed by atoms with Crippen LogP contribution in [0.2, 0.25) is 5.02 Å². The Morgan fingerprint density at radius 3 is 2.54 bits per heavy atom. The van der Waals surface area contributed by atoms with Crippen molar-refractivity contribution in [3.8, 4) is 0 Å². The van der Waals surface area contributed by atoms with Crippen LogP contribution < -0.4 is 0 Å². The third-order valence-electron chi connectivity index (χ3n) is 4.95. The number of esters is 1. The van der Waals surface area contributed by atoms with Crippen molar-refractivity contribution in [1.82, 2.24) is 9.21 Å². The van der Waals surface area contributed by atoms with E-state index < -0.39 is 22.6 Å². The molecule has 1 aromatic rings. The molecule has 1 heterocycles. The first-order chi connectivity index (χ1) is 13.2. The normalized spacial score (nSPS) is 17.6. The van der Waals surface area contributed by atoms with E-state index in [-0.39, 0.29) is 27.4 Å². The van der Waals surface area contributed by atoms with Gasteiger partial charge in [0.1, 0.15) is 0 Å². The van der Waals surface area contributed by atoms with Gasteiger partial charge in [0.05, 0.1) is 15.5 Å². The van der Waals surface area contributed by atoms with E-state index in [1.165, 1.54) is 22.5 Å². The maximum absolute atomic E-state index is 12.7. The van der Waals surface area contributed by atoms with E-state index in [1.807, 2.05) is 6.92 Å². The molecule has 28 heavy (non-hydrogen) atoms. The predicted molar refractivity (Wildman–Crippen MR) is 107 cm³/mol. The van der Waals surface area contributed by atoms with Crippen LogP contribution in [0.3, 0.4) is 0 Å². The van der Waals surface area contributed by atoms with E-state index in [0.717, 1.165) is 19.3 Å². The van der Waals surface area contributed by atoms with Crippen LogP contribution in [0.4, 0.5) is 0 Å². The molecule has 1 amide bonds. The second kappa shape index (κ2) is 9.71. The van der Waals surface area contributed by atoms with Crippen molar-refractivity contribution >= 4 is 33.5 Å². The van der Waals surface area contributed by atoms with E-state index in [4.69, 9.17) is 16.3 Å². The molecule has 0 spiro atoms. The number of piperidine rings is 1. The number of halogens is 1. The molecule has 1 aliphatic heterocycles. The van der Waals surface area contributed by atoms with Crippen molar-refractivity contribution in [3.05, 3.63) is 28.8 Å². The minimum Gasteiger partial charge on any atom is -0.452 e. The molecule has 1 atom stereocenters. The summed E-state index contributed by atoms with van der Waals surface area (Å²) in [5, 5.41) is 0.0716. The first-order valence-corrected chi connectivity index (χ1v) is 11.3. The highest BCUT2D eigenvalue weighted by molar-refractivity contribution is 7.89. The number of likely N-dealkylation sites (tertiary alicyclic amines) is 1. The number of amides is 1. The van der Waals surface area contributed by atoms with Crippen LogP contribution in [0.25, 0.3) is 0 Å². The van der Waals surface area contributed by atoms with Crippen LogP contribution in [-0.2, 0) is 19.6 Å². The first-order valence-electron chi connectivity index (χ1n) is 9.48. The third kappa shape index (κ3) is 5.04. The molecule has 1 saturated heterocycles. The number of carbonyl (C=O) groups is 2. The summed E-state index contributed by atoms with van der Waals surface area (Å²) in [5.41, 5.74) is -0.0746. The van der Waals surface area contributed by atoms with Crippen LogP contribution in [0, 0.1) is 0 Å². The van der Waals surface area contributed by atoms with Crippen molar-refractivity contribution < 1.29 is 22.7 Å². The fourth-order valence-corrected chi connectivity index (χ4v) is 4.97. The van der Waals surface area contributed by atoms with Crippen LogP contribution in [-0.4, -0.2) is 61.8 Å². The van der Waals surface area contributed by atoms with Crippen LogP contribution >= 0.6 is 11.6 Å². The molecule has 0 saturated carbocycles. The van der Waals surface area contributed by atoms with Gasteiger partial charge in [-0.2, -0.15) is 4.31 Å². The summed E-state index contributed by atoms with van der Waals surface area (Å²) in [6, 6.07) is 4.02. The summed E-state index contributed by atoms with van der Waals surface area (Å²) >= 11 is 6.07. The zero-order chi connectivity index (χ0) is 20.9. The highest BCUT2D eigenvalue weighted by Gasteiger charge is 2.26. The Morgan fingerprint density at radius 2 is 1.93 bits per heavy atom. The van der Waals surface area contributed by atoms with Gasteiger partial charge in [0.25, 0.3) is 5.91 Å². The van der Waals surface area contributed by atoms with E-state index in [1.54, 1.807) is 18.7 Å². The Bertz CT molecular complexity index is 824. The molecule has 0 aromatic heterocycles. The molecule has 9 heteroatoms. The van der Waals surface area contributed by atoms with Crippen molar-refractivity contribution in [2.45, 2.75) is 51.0 Å². The molecule has 0 unspecified atom stereocenters. The standard InChI is InChI=1S/C19H27ClN2O5S/c1-4-21(5-2)28(25,26)15-9-10-17(20)16(12-15)19(24)27-13-18(23)22-11-7-6-8-14(22)3/h9-10,12,14H,4-8,11,13H2,1-3H3/t14-/m1/s1. The Balaban J connectivity index is 2.14. The monoisotopic (exact) mass is 430 g/mol. The average molecular weight is 431 g/mol. The van der Waals surface area contributed by atoms with Crippen molar-refractivity contribution in [1.29, 1.82) is 0 Å². The van der Waals surface area contributed by atoms with Crippen molar-refractivity contribution in [2.24, 2.45) is 0 Å². The lowest BCUT2D eigenvalue weighted by Gasteiger charge is -2.33. The lowest BCUT2D eigenvalue weighted by Crippen LogP contribution is -2.44. The summed E-state index contributed by atoms with van der Waals surface area (Å²) in [6.45, 7) is 6.31. The number of benzene rings is 1. The van der Waals surface area contributed by atoms with Gasteiger partial charge in [0.15, 0.2) is 6.61 Å². The third-order valence-corrected chi connectivity index (χ3v) is 7.33. The van der Waals surface area contributed by atoms with Gasteiger partial charge in [-0.25, -0.2) is 13.2 Å². The number of sulfonamides is 1. The summed E-state index contributed by atoms with van der Waals surface area (Å²) in [7, 11) is -3.74. The van der Waals surface area contributed by atoms with Gasteiger partial charge in [-0.1, -0.05) is 25.4 Å². The smallest absolute Gasteiger partial charge is 0.340 e. The van der Waals surface area contributed by atoms with Gasteiger partial charge in [0, 0.05) is 25.7 Å². The van der Waals surface area contributed by atoms with Crippen molar-refractivity contribution in [2.75, 3.05) is 26.2 Å². The number of hydrogen-bond acceptors (Lipinski definition) is 5. The molecule has 0 N–H and O–H groups in total. The number of hydrogen-bond donors (Lipinski definition) is 0. The van der Waals surface area contributed by atoms with Crippen LogP contribution in [0.5, 0.6) is 0 Å². The van der Waals surface area contributed by atoms with E-state index in [0.29, 0.717) is 19.6 Å². The van der Waals surface area contributed by atoms with E-state index >= 15 is 0 Å². The molecule has 156 valence electrons. The lowest BCUT2D eigenvalue weighted by atomic mass is 10.0. The summed E-state index contributed by atoms with van der Waals surface area (Å²) in [4.78, 5) is 26.4. The second-order valence-electron chi connectivity index (χ2n) is 6.74. The Kier molecular flexibility index (Phi) is 7.86. The zero-order valence-corrected chi connectivity index (χ0v) is 18.1. The highest BCUT2D eigenvalue weighted by atomic mass is 35.5. The highest BCUT2D eigenvalue weighted by Crippen LogP contribution is 2.24. The Hall–Kier alpha value is -1.64. The maximum Gasteiger partial charge on any atom is 0.340 e. The van der Waals surface area contributed by atoms with E-state index in [2.05, 4.69) is 0 Å². The Morgan fingerprint density at radius 1 is 1.25 bits per heavy atom. The largest absolute Gasteiger partial charge is 0.452 e. The fourth-order valence-electron chi connectivity index (χ4n) is 3.29. The zero-order valence-electron chi connectivity index (χ0n) is 16.5.